The van der Waals surface area contributed by atoms with Gasteiger partial charge in [0.2, 0.25) is 5.91 Å². The van der Waals surface area contributed by atoms with Gasteiger partial charge in [-0.3, -0.25) is 4.79 Å². The minimum Gasteiger partial charge on any atom is -0.494 e. The Morgan fingerprint density at radius 2 is 1.93 bits per heavy atom. The summed E-state index contributed by atoms with van der Waals surface area (Å²) in [5, 5.41) is 6.79. The van der Waals surface area contributed by atoms with E-state index in [0.717, 1.165) is 68.7 Å². The molecule has 1 aromatic heterocycles. The van der Waals surface area contributed by atoms with Crippen LogP contribution in [0.15, 0.2) is 55.0 Å². The second kappa shape index (κ2) is 16.4. The average molecular weight is 604 g/mol. The van der Waals surface area contributed by atoms with Gasteiger partial charge in [0, 0.05) is 51.4 Å². The van der Waals surface area contributed by atoms with Crippen LogP contribution in [0.4, 0.5) is 11.5 Å². The number of piperidine rings is 1. The summed E-state index contributed by atoms with van der Waals surface area (Å²) < 4.78 is 23.0. The molecule has 1 saturated heterocycles. The third-order valence-corrected chi connectivity index (χ3v) is 8.31. The second-order valence-corrected chi connectivity index (χ2v) is 11.3. The van der Waals surface area contributed by atoms with Gasteiger partial charge in [0.1, 0.15) is 12.1 Å². The zero-order valence-corrected chi connectivity index (χ0v) is 25.9. The summed E-state index contributed by atoms with van der Waals surface area (Å²) in [6.07, 6.45) is 8.29. The highest BCUT2D eigenvalue weighted by molar-refractivity contribution is 5.96. The first-order chi connectivity index (χ1) is 21.7. The summed E-state index contributed by atoms with van der Waals surface area (Å²) in [6, 6.07) is 14.9. The van der Waals surface area contributed by atoms with Gasteiger partial charge in [-0.2, -0.15) is 0 Å². The lowest BCUT2D eigenvalue weighted by Crippen LogP contribution is -2.41. The molecule has 236 valence electrons. The van der Waals surface area contributed by atoms with Gasteiger partial charge in [0.05, 0.1) is 32.6 Å². The van der Waals surface area contributed by atoms with Crippen molar-refractivity contribution in [2.75, 3.05) is 63.8 Å². The molecule has 10 heteroatoms. The van der Waals surface area contributed by atoms with Crippen LogP contribution in [0.5, 0.6) is 11.5 Å². The number of carbonyl (C=O) groups is 1. The van der Waals surface area contributed by atoms with Gasteiger partial charge >= 0.3 is 0 Å². The number of nitrogens with zero attached hydrogens (tertiary/aromatic N) is 3. The molecule has 1 fully saturated rings. The van der Waals surface area contributed by atoms with E-state index in [2.05, 4.69) is 63.1 Å². The zero-order chi connectivity index (χ0) is 30.6. The standard InChI is InChI=1S/C34H45N5O5/c1-41-18-5-17-39-30-20-25(6-7-27(30)10-13-33(39)40)23-44-31-21-35-16-14-29(31)26-8-11-28(12-9-26)43-19-4-3-15-37-34-32(42-2)22-36-24-38-34/h6-9,11-12,20,22,24,29,31,35H,3-5,10,13-19,21,23H2,1-2H3,(H,36,37,38)/t29-,31+/m1/s1. The third-order valence-electron chi connectivity index (χ3n) is 8.31. The number of amides is 1. The minimum absolute atomic E-state index is 0.0620. The first-order valence-electron chi connectivity index (χ1n) is 15.7. The molecule has 0 spiro atoms. The first-order valence-corrected chi connectivity index (χ1v) is 15.7. The van der Waals surface area contributed by atoms with Crippen LogP contribution in [-0.4, -0.2) is 75.6 Å². The summed E-state index contributed by atoms with van der Waals surface area (Å²) in [5.41, 5.74) is 4.61. The van der Waals surface area contributed by atoms with E-state index in [-0.39, 0.29) is 12.0 Å². The molecule has 2 N–H and O–H groups in total. The van der Waals surface area contributed by atoms with Crippen LogP contribution in [0, 0.1) is 0 Å². The summed E-state index contributed by atoms with van der Waals surface area (Å²) in [5.74, 6) is 2.72. The molecule has 0 saturated carbocycles. The first kappa shape index (κ1) is 31.7. The van der Waals surface area contributed by atoms with E-state index in [1.165, 1.54) is 17.5 Å². The van der Waals surface area contributed by atoms with Gasteiger partial charge < -0.3 is 34.5 Å². The fraction of sp³-hybridized carbons (Fsp3) is 0.500. The number of ether oxygens (including phenoxy) is 4. The number of anilines is 2. The summed E-state index contributed by atoms with van der Waals surface area (Å²) in [6.45, 7) is 5.04. The Morgan fingerprint density at radius 3 is 2.77 bits per heavy atom. The summed E-state index contributed by atoms with van der Waals surface area (Å²) in [7, 11) is 3.31. The number of aryl methyl sites for hydroxylation is 1. The maximum absolute atomic E-state index is 12.7. The van der Waals surface area contributed by atoms with Gasteiger partial charge in [-0.15, -0.1) is 0 Å². The molecule has 44 heavy (non-hydrogen) atoms. The predicted molar refractivity (Wildman–Crippen MR) is 171 cm³/mol. The quantitative estimate of drug-likeness (QED) is 0.225. The number of nitrogens with one attached hydrogen (secondary N) is 2. The summed E-state index contributed by atoms with van der Waals surface area (Å²) in [4.78, 5) is 22.8. The Morgan fingerprint density at radius 1 is 1.05 bits per heavy atom. The molecule has 1 amide bonds. The normalized spacial score (nSPS) is 18.1. The fourth-order valence-electron chi connectivity index (χ4n) is 5.91. The van der Waals surface area contributed by atoms with Crippen molar-refractivity contribution >= 4 is 17.4 Å². The van der Waals surface area contributed by atoms with Crippen LogP contribution in [0.1, 0.15) is 54.7 Å². The third kappa shape index (κ3) is 8.46. The van der Waals surface area contributed by atoms with Gasteiger partial charge in [-0.25, -0.2) is 9.97 Å². The maximum atomic E-state index is 12.7. The molecule has 2 atom stereocenters. The average Bonchev–Trinajstić information content (AvgIpc) is 3.07. The van der Waals surface area contributed by atoms with Crippen LogP contribution in [-0.2, 0) is 27.3 Å². The highest BCUT2D eigenvalue weighted by Gasteiger charge is 2.28. The number of unbranched alkanes of at least 4 members (excludes halogenated alkanes) is 1. The molecule has 0 bridgehead atoms. The zero-order valence-electron chi connectivity index (χ0n) is 25.9. The number of aromatic nitrogens is 2. The Bertz CT molecular complexity index is 1340. The van der Waals surface area contributed by atoms with E-state index < -0.39 is 0 Å². The Labute approximate surface area is 260 Å². The maximum Gasteiger partial charge on any atom is 0.227 e. The van der Waals surface area contributed by atoms with Crippen molar-refractivity contribution in [2.24, 2.45) is 0 Å². The lowest BCUT2D eigenvalue weighted by molar-refractivity contribution is -0.118. The number of hydrogen-bond donors (Lipinski definition) is 2. The molecule has 0 unspecified atom stereocenters. The van der Waals surface area contributed by atoms with E-state index in [1.807, 2.05) is 4.90 Å². The number of rotatable bonds is 16. The molecule has 0 radical (unpaired) electrons. The SMILES string of the molecule is COCCCN1C(=O)CCc2ccc(CO[C@H]3CNCC[C@@H]3c3ccc(OCCCCNc4ncncc4OC)cc3)cc21. The fourth-order valence-corrected chi connectivity index (χ4v) is 5.91. The number of methoxy groups -OCH3 is 2. The van der Waals surface area contributed by atoms with Crippen molar-refractivity contribution in [1.82, 2.24) is 15.3 Å². The van der Waals surface area contributed by atoms with E-state index in [0.29, 0.717) is 50.3 Å². The number of benzene rings is 2. The minimum atomic E-state index is 0.0620. The van der Waals surface area contributed by atoms with Crippen molar-refractivity contribution in [2.45, 2.75) is 57.2 Å². The highest BCUT2D eigenvalue weighted by atomic mass is 16.5. The van der Waals surface area contributed by atoms with E-state index in [4.69, 9.17) is 18.9 Å². The molecule has 2 aromatic carbocycles. The van der Waals surface area contributed by atoms with Crippen molar-refractivity contribution in [3.05, 3.63) is 71.7 Å². The van der Waals surface area contributed by atoms with E-state index >= 15 is 0 Å². The molecular formula is C34H45N5O5. The highest BCUT2D eigenvalue weighted by Crippen LogP contribution is 2.32. The molecule has 3 aromatic rings. The van der Waals surface area contributed by atoms with Crippen LogP contribution in [0.2, 0.25) is 0 Å². The van der Waals surface area contributed by atoms with Gasteiger partial charge in [0.25, 0.3) is 0 Å². The number of fused-ring (bicyclic) bond motifs is 1. The summed E-state index contributed by atoms with van der Waals surface area (Å²) >= 11 is 0. The van der Waals surface area contributed by atoms with Crippen LogP contribution in [0.25, 0.3) is 0 Å². The molecule has 10 nitrogen and oxygen atoms in total. The Hall–Kier alpha value is -3.73. The van der Waals surface area contributed by atoms with E-state index in [9.17, 15) is 4.79 Å². The monoisotopic (exact) mass is 603 g/mol. The molecule has 0 aliphatic carbocycles. The lowest BCUT2D eigenvalue weighted by Gasteiger charge is -2.33. The van der Waals surface area contributed by atoms with Crippen LogP contribution < -0.4 is 25.0 Å². The van der Waals surface area contributed by atoms with Crippen molar-refractivity contribution in [3.63, 3.8) is 0 Å². The Kier molecular flexibility index (Phi) is 11.8. The second-order valence-electron chi connectivity index (χ2n) is 11.3. The molecule has 2 aliphatic heterocycles. The largest absolute Gasteiger partial charge is 0.494 e. The van der Waals surface area contributed by atoms with Crippen molar-refractivity contribution in [1.29, 1.82) is 0 Å². The van der Waals surface area contributed by atoms with Gasteiger partial charge in [-0.05, 0) is 73.5 Å². The Balaban J connectivity index is 1.10. The number of hydrogen-bond acceptors (Lipinski definition) is 9. The number of carbonyl (C=O) groups excluding carboxylic acids is 1. The van der Waals surface area contributed by atoms with Gasteiger partial charge in [0.15, 0.2) is 11.6 Å². The van der Waals surface area contributed by atoms with Crippen LogP contribution >= 0.6 is 0 Å². The molecule has 5 rings (SSSR count). The van der Waals surface area contributed by atoms with Crippen molar-refractivity contribution in [3.8, 4) is 11.5 Å². The molecule has 2 aliphatic rings. The van der Waals surface area contributed by atoms with Crippen molar-refractivity contribution < 1.29 is 23.7 Å². The van der Waals surface area contributed by atoms with Crippen LogP contribution in [0.3, 0.4) is 0 Å². The lowest BCUT2D eigenvalue weighted by atomic mass is 9.87. The topological polar surface area (TPSA) is 107 Å². The molecule has 3 heterocycles. The van der Waals surface area contributed by atoms with Gasteiger partial charge in [-0.1, -0.05) is 24.3 Å². The molecular weight excluding hydrogens is 558 g/mol. The smallest absolute Gasteiger partial charge is 0.227 e. The van der Waals surface area contributed by atoms with E-state index in [1.54, 1.807) is 20.4 Å². The predicted octanol–water partition coefficient (Wildman–Crippen LogP) is 4.73.